The maximum atomic E-state index is 13.4. The predicted octanol–water partition coefficient (Wildman–Crippen LogP) is 6.27. The van der Waals surface area contributed by atoms with Crippen molar-refractivity contribution in [3.63, 3.8) is 0 Å². The highest BCUT2D eigenvalue weighted by atomic mass is 32.2. The van der Waals surface area contributed by atoms with Gasteiger partial charge in [-0.05, 0) is 67.3 Å². The SMILES string of the molecule is CCCOc1ccc(-c2ccc([C@@]3(CC(=O)OCC[Si](C)(C)C)CCCCS3(=O)=O)s2)cc1. The van der Waals surface area contributed by atoms with Gasteiger partial charge in [0, 0.05) is 17.8 Å². The highest BCUT2D eigenvalue weighted by Crippen LogP contribution is 2.47. The van der Waals surface area contributed by atoms with Crippen LogP contribution in [0.25, 0.3) is 10.4 Å². The number of benzene rings is 1. The van der Waals surface area contributed by atoms with Gasteiger partial charge >= 0.3 is 5.97 Å². The minimum absolute atomic E-state index is 0.106. The van der Waals surface area contributed by atoms with Crippen molar-refractivity contribution in [2.75, 3.05) is 19.0 Å². The number of carbonyl (C=O) groups excluding carboxylic acids is 1. The van der Waals surface area contributed by atoms with Crippen molar-refractivity contribution in [3.8, 4) is 16.2 Å². The molecule has 8 heteroatoms. The lowest BCUT2D eigenvalue weighted by Gasteiger charge is -2.35. The molecule has 1 aliphatic rings. The second-order valence-corrected chi connectivity index (χ2v) is 19.1. The molecule has 2 aromatic rings. The van der Waals surface area contributed by atoms with Gasteiger partial charge in [0.2, 0.25) is 0 Å². The highest BCUT2D eigenvalue weighted by Gasteiger charge is 2.49. The van der Waals surface area contributed by atoms with E-state index in [1.807, 2.05) is 36.4 Å². The lowest BCUT2D eigenvalue weighted by atomic mass is 9.95. The maximum Gasteiger partial charge on any atom is 0.307 e. The van der Waals surface area contributed by atoms with E-state index >= 15 is 0 Å². The highest BCUT2D eigenvalue weighted by molar-refractivity contribution is 7.92. The average molecular weight is 509 g/mol. The minimum Gasteiger partial charge on any atom is -0.494 e. The summed E-state index contributed by atoms with van der Waals surface area (Å²) >= 11 is 1.47. The van der Waals surface area contributed by atoms with E-state index in [0.29, 0.717) is 26.1 Å². The first-order valence-corrected chi connectivity index (χ1v) is 18.0. The molecule has 0 unspecified atom stereocenters. The molecular formula is C25H36O5S2Si. The number of carbonyl (C=O) groups is 1. The third kappa shape index (κ3) is 6.48. The van der Waals surface area contributed by atoms with Crippen molar-refractivity contribution in [1.29, 1.82) is 0 Å². The Labute approximate surface area is 203 Å². The first-order chi connectivity index (χ1) is 15.6. The van der Waals surface area contributed by atoms with Crippen molar-refractivity contribution in [2.45, 2.75) is 69.5 Å². The van der Waals surface area contributed by atoms with Gasteiger partial charge < -0.3 is 9.47 Å². The Morgan fingerprint density at radius 3 is 2.42 bits per heavy atom. The molecule has 0 N–H and O–H groups in total. The summed E-state index contributed by atoms with van der Waals surface area (Å²) in [6.07, 6.45) is 2.74. The molecule has 182 valence electrons. The van der Waals surface area contributed by atoms with E-state index in [4.69, 9.17) is 9.47 Å². The van der Waals surface area contributed by atoms with Crippen molar-refractivity contribution in [1.82, 2.24) is 0 Å². The van der Waals surface area contributed by atoms with Gasteiger partial charge in [0.15, 0.2) is 9.84 Å². The molecule has 0 radical (unpaired) electrons. The lowest BCUT2D eigenvalue weighted by Crippen LogP contribution is -2.42. The molecule has 1 saturated heterocycles. The fourth-order valence-corrected chi connectivity index (χ4v) is 8.53. The maximum absolute atomic E-state index is 13.4. The molecule has 0 spiro atoms. The molecule has 0 bridgehead atoms. The zero-order chi connectivity index (χ0) is 24.1. The van der Waals surface area contributed by atoms with Crippen LogP contribution in [0, 0.1) is 0 Å². The molecule has 0 aliphatic carbocycles. The van der Waals surface area contributed by atoms with Gasteiger partial charge in [-0.15, -0.1) is 11.3 Å². The third-order valence-corrected chi connectivity index (χ3v) is 11.8. The number of ether oxygens (including phenoxy) is 2. The summed E-state index contributed by atoms with van der Waals surface area (Å²) in [7, 11) is -4.81. The van der Waals surface area contributed by atoms with Crippen molar-refractivity contribution >= 4 is 35.2 Å². The molecule has 3 rings (SSSR count). The fourth-order valence-electron chi connectivity index (χ4n) is 4.04. The summed E-state index contributed by atoms with van der Waals surface area (Å²) in [5, 5.41) is 0. The van der Waals surface area contributed by atoms with Crippen LogP contribution in [0.4, 0.5) is 0 Å². The Balaban J connectivity index is 1.84. The largest absolute Gasteiger partial charge is 0.494 e. The quantitative estimate of drug-likeness (QED) is 0.279. The van der Waals surface area contributed by atoms with Gasteiger partial charge in [-0.1, -0.05) is 33.0 Å². The summed E-state index contributed by atoms with van der Waals surface area (Å²) in [5.41, 5.74) is 1.01. The molecule has 0 saturated carbocycles. The first kappa shape index (κ1) is 26.0. The molecule has 1 aromatic carbocycles. The second kappa shape index (κ2) is 10.7. The van der Waals surface area contributed by atoms with E-state index in [2.05, 4.69) is 26.6 Å². The van der Waals surface area contributed by atoms with E-state index in [1.165, 1.54) is 11.3 Å². The van der Waals surface area contributed by atoms with E-state index in [9.17, 15) is 13.2 Å². The summed E-state index contributed by atoms with van der Waals surface area (Å²) < 4.78 is 36.7. The molecule has 5 nitrogen and oxygen atoms in total. The molecule has 33 heavy (non-hydrogen) atoms. The van der Waals surface area contributed by atoms with E-state index < -0.39 is 28.6 Å². The fraction of sp³-hybridized carbons (Fsp3) is 0.560. The molecule has 1 atom stereocenters. The van der Waals surface area contributed by atoms with E-state index in [-0.39, 0.29) is 12.2 Å². The summed E-state index contributed by atoms with van der Waals surface area (Å²) in [6.45, 7) is 9.79. The Kier molecular flexibility index (Phi) is 8.45. The molecular weight excluding hydrogens is 472 g/mol. The minimum atomic E-state index is -3.47. The zero-order valence-corrected chi connectivity index (χ0v) is 22.8. The molecule has 1 aromatic heterocycles. The Morgan fingerprint density at radius 1 is 1.06 bits per heavy atom. The Hall–Kier alpha value is -1.64. The molecule has 0 amide bonds. The Bertz CT molecular complexity index is 1040. The van der Waals surface area contributed by atoms with E-state index in [1.54, 1.807) is 0 Å². The van der Waals surface area contributed by atoms with Gasteiger partial charge in [0.05, 0.1) is 25.4 Å². The van der Waals surface area contributed by atoms with Crippen LogP contribution >= 0.6 is 11.3 Å². The standard InChI is InChI=1S/C25H36O5S2Si/c1-5-15-29-21-10-8-20(9-11-21)22-12-13-23(31-22)25(14-6-7-17-32(25,27)28)19-24(26)30-16-18-33(2,3)4/h8-13H,5-7,14-19H2,1-4H3/t25-/m0/s1. The number of esters is 1. The number of hydrogen-bond acceptors (Lipinski definition) is 6. The van der Waals surface area contributed by atoms with Crippen LogP contribution < -0.4 is 4.74 Å². The van der Waals surface area contributed by atoms with Gasteiger partial charge in [-0.3, -0.25) is 4.79 Å². The smallest absolute Gasteiger partial charge is 0.307 e. The molecule has 1 aliphatic heterocycles. The predicted molar refractivity (Wildman–Crippen MR) is 139 cm³/mol. The lowest BCUT2D eigenvalue weighted by molar-refractivity contribution is -0.144. The van der Waals surface area contributed by atoms with Crippen molar-refractivity contribution in [3.05, 3.63) is 41.3 Å². The first-order valence-electron chi connectivity index (χ1n) is 11.8. The van der Waals surface area contributed by atoms with Crippen LogP contribution in [0.3, 0.4) is 0 Å². The molecule has 2 heterocycles. The number of hydrogen-bond donors (Lipinski definition) is 0. The summed E-state index contributed by atoms with van der Waals surface area (Å²) in [4.78, 5) is 14.5. The van der Waals surface area contributed by atoms with Crippen LogP contribution in [0.2, 0.25) is 25.7 Å². The third-order valence-electron chi connectivity index (χ3n) is 6.05. The Morgan fingerprint density at radius 2 is 1.79 bits per heavy atom. The topological polar surface area (TPSA) is 69.7 Å². The summed E-state index contributed by atoms with van der Waals surface area (Å²) in [6, 6.07) is 12.6. The van der Waals surface area contributed by atoms with Gasteiger partial charge in [0.1, 0.15) is 10.5 Å². The van der Waals surface area contributed by atoms with Crippen LogP contribution in [0.1, 0.15) is 43.9 Å². The molecule has 1 fully saturated rings. The van der Waals surface area contributed by atoms with Gasteiger partial charge in [-0.25, -0.2) is 8.42 Å². The van der Waals surface area contributed by atoms with Crippen molar-refractivity contribution in [2.24, 2.45) is 0 Å². The van der Waals surface area contributed by atoms with Gasteiger partial charge in [0.25, 0.3) is 0 Å². The zero-order valence-electron chi connectivity index (χ0n) is 20.2. The normalized spacial score (nSPS) is 20.4. The van der Waals surface area contributed by atoms with Crippen molar-refractivity contribution < 1.29 is 22.7 Å². The van der Waals surface area contributed by atoms with Crippen LogP contribution in [0.5, 0.6) is 5.75 Å². The summed E-state index contributed by atoms with van der Waals surface area (Å²) in [5.74, 6) is 0.530. The van der Waals surface area contributed by atoms with Crippen LogP contribution in [-0.4, -0.2) is 41.4 Å². The van der Waals surface area contributed by atoms with Crippen LogP contribution in [-0.2, 0) is 24.1 Å². The van der Waals surface area contributed by atoms with Gasteiger partial charge in [-0.2, -0.15) is 0 Å². The number of thiophene rings is 1. The van der Waals surface area contributed by atoms with Crippen LogP contribution in [0.15, 0.2) is 36.4 Å². The van der Waals surface area contributed by atoms with E-state index in [0.717, 1.165) is 40.0 Å². The number of sulfone groups is 1. The monoisotopic (exact) mass is 508 g/mol. The second-order valence-electron chi connectivity index (χ2n) is 10.0. The number of rotatable bonds is 10. The average Bonchev–Trinajstić information content (AvgIpc) is 3.24.